The van der Waals surface area contributed by atoms with Crippen LogP contribution in [-0.2, 0) is 9.16 Å². The maximum Gasteiger partial charge on any atom is 0.218 e. The highest BCUT2D eigenvalue weighted by atomic mass is 28.4. The fraction of sp³-hybridized carbons (Fsp3) is 1.00. The smallest absolute Gasteiger partial charge is 0.218 e. The van der Waals surface area contributed by atoms with E-state index < -0.39 is 8.32 Å². The van der Waals surface area contributed by atoms with Gasteiger partial charge >= 0.3 is 0 Å². The molecule has 1 heterocycles. The highest BCUT2D eigenvalue weighted by Gasteiger charge is 2.49. The van der Waals surface area contributed by atoms with E-state index in [-0.39, 0.29) is 0 Å². The lowest BCUT2D eigenvalue weighted by Gasteiger charge is -2.18. The van der Waals surface area contributed by atoms with Crippen LogP contribution in [0.5, 0.6) is 0 Å². The summed E-state index contributed by atoms with van der Waals surface area (Å²) in [5, 5.41) is 0. The van der Waals surface area contributed by atoms with Crippen molar-refractivity contribution in [2.45, 2.75) is 38.8 Å². The Morgan fingerprint density at radius 1 is 1.50 bits per heavy atom. The second kappa shape index (κ2) is 2.64. The van der Waals surface area contributed by atoms with Gasteiger partial charge < -0.3 is 9.16 Å². The van der Waals surface area contributed by atoms with Crippen LogP contribution in [0, 0.1) is 0 Å². The van der Waals surface area contributed by atoms with Crippen LogP contribution in [-0.4, -0.2) is 26.8 Å². The maximum atomic E-state index is 5.64. The van der Waals surface area contributed by atoms with E-state index in [2.05, 4.69) is 20.0 Å². The lowest BCUT2D eigenvalue weighted by atomic mass is 10.6. The lowest BCUT2D eigenvalue weighted by molar-refractivity contribution is 0.308. The molecule has 60 valence electrons. The zero-order valence-electron chi connectivity index (χ0n) is 7.18. The van der Waals surface area contributed by atoms with Gasteiger partial charge in [0.1, 0.15) is 5.73 Å². The molecule has 1 saturated heterocycles. The molecule has 1 fully saturated rings. The molecule has 0 saturated carbocycles. The Kier molecular flexibility index (Phi) is 2.17. The molecule has 2 nitrogen and oxygen atoms in total. The van der Waals surface area contributed by atoms with Gasteiger partial charge in [-0.15, -0.1) is 0 Å². The molecule has 0 radical (unpaired) electrons. The molecule has 0 aromatic heterocycles. The molecule has 1 rings (SSSR count). The van der Waals surface area contributed by atoms with Gasteiger partial charge in [0.05, 0.1) is 6.10 Å². The van der Waals surface area contributed by atoms with Crippen LogP contribution in [0.3, 0.4) is 0 Å². The van der Waals surface area contributed by atoms with Gasteiger partial charge in [-0.25, -0.2) is 0 Å². The van der Waals surface area contributed by atoms with Crippen molar-refractivity contribution in [1.82, 2.24) is 0 Å². The van der Waals surface area contributed by atoms with Gasteiger partial charge in [0.15, 0.2) is 0 Å². The fourth-order valence-electron chi connectivity index (χ4n) is 1.37. The Hall–Kier alpha value is 0.137. The zero-order chi connectivity index (χ0) is 7.78. The molecule has 1 aliphatic heterocycles. The average molecular weight is 160 g/mol. The molecule has 2 unspecified atom stereocenters. The van der Waals surface area contributed by atoms with Gasteiger partial charge in [0.25, 0.3) is 0 Å². The second-order valence-corrected chi connectivity index (χ2v) is 7.36. The molecule has 0 bridgehead atoms. The highest BCUT2D eigenvalue weighted by molar-refractivity contribution is 6.73. The van der Waals surface area contributed by atoms with Gasteiger partial charge in [-0.05, 0) is 26.9 Å². The summed E-state index contributed by atoms with van der Waals surface area (Å²) < 4.78 is 11.0. The van der Waals surface area contributed by atoms with Crippen molar-refractivity contribution >= 4 is 8.32 Å². The van der Waals surface area contributed by atoms with Gasteiger partial charge in [-0.1, -0.05) is 0 Å². The van der Waals surface area contributed by atoms with E-state index in [0.717, 1.165) is 6.61 Å². The normalized spacial score (nSPS) is 32.4. The number of hydrogen-bond acceptors (Lipinski definition) is 2. The van der Waals surface area contributed by atoms with Gasteiger partial charge in [0, 0.05) is 6.61 Å². The van der Waals surface area contributed by atoms with Crippen molar-refractivity contribution in [2.75, 3.05) is 6.61 Å². The molecular formula is C7H16O2Si. The van der Waals surface area contributed by atoms with Crippen LogP contribution < -0.4 is 0 Å². The summed E-state index contributed by atoms with van der Waals surface area (Å²) in [6, 6.07) is 0. The molecule has 0 N–H and O–H groups in total. The monoisotopic (exact) mass is 160 g/mol. The van der Waals surface area contributed by atoms with Gasteiger partial charge in [0.2, 0.25) is 8.32 Å². The van der Waals surface area contributed by atoms with Gasteiger partial charge in [-0.3, -0.25) is 0 Å². The molecular weight excluding hydrogens is 144 g/mol. The minimum absolute atomic E-state index is 0.451. The standard InChI is InChI=1S/C7H16O2Si/c1-5-8-10(3,4)7-6(2)9-7/h6-7H,5H2,1-4H3. The summed E-state index contributed by atoms with van der Waals surface area (Å²) in [5.41, 5.74) is 0.451. The van der Waals surface area contributed by atoms with Crippen molar-refractivity contribution in [3.05, 3.63) is 0 Å². The SMILES string of the molecule is CCO[Si](C)(C)C1OC1C. The highest BCUT2D eigenvalue weighted by Crippen LogP contribution is 2.31. The van der Waals surface area contributed by atoms with Crippen LogP contribution >= 0.6 is 0 Å². The van der Waals surface area contributed by atoms with Crippen LogP contribution in [0.15, 0.2) is 0 Å². The third-order valence-corrected chi connectivity index (χ3v) is 4.92. The van der Waals surface area contributed by atoms with Crippen molar-refractivity contribution in [3.63, 3.8) is 0 Å². The summed E-state index contributed by atoms with van der Waals surface area (Å²) in [6.07, 6.45) is 0.452. The summed E-state index contributed by atoms with van der Waals surface area (Å²) >= 11 is 0. The van der Waals surface area contributed by atoms with Crippen molar-refractivity contribution in [2.24, 2.45) is 0 Å². The molecule has 10 heavy (non-hydrogen) atoms. The van der Waals surface area contributed by atoms with E-state index >= 15 is 0 Å². The Balaban J connectivity index is 2.36. The summed E-state index contributed by atoms with van der Waals surface area (Å²) in [4.78, 5) is 0. The van der Waals surface area contributed by atoms with Gasteiger partial charge in [-0.2, -0.15) is 0 Å². The Bertz CT molecular complexity index is 125. The van der Waals surface area contributed by atoms with Crippen LogP contribution in [0.4, 0.5) is 0 Å². The van der Waals surface area contributed by atoms with E-state index in [1.165, 1.54) is 0 Å². The summed E-state index contributed by atoms with van der Waals surface area (Å²) in [6.45, 7) is 9.40. The van der Waals surface area contributed by atoms with Crippen molar-refractivity contribution < 1.29 is 9.16 Å². The lowest BCUT2D eigenvalue weighted by Crippen LogP contribution is -2.38. The number of hydrogen-bond donors (Lipinski definition) is 0. The Morgan fingerprint density at radius 2 is 2.00 bits per heavy atom. The average Bonchev–Trinajstić information content (AvgIpc) is 2.46. The quantitative estimate of drug-likeness (QED) is 0.461. The van der Waals surface area contributed by atoms with E-state index in [1.54, 1.807) is 0 Å². The third-order valence-electron chi connectivity index (χ3n) is 1.91. The first kappa shape index (κ1) is 8.24. The number of epoxide rings is 1. The molecule has 1 aliphatic rings. The molecule has 2 atom stereocenters. The van der Waals surface area contributed by atoms with Crippen LogP contribution in [0.25, 0.3) is 0 Å². The second-order valence-electron chi connectivity index (χ2n) is 3.30. The number of ether oxygens (including phenoxy) is 1. The van der Waals surface area contributed by atoms with Crippen molar-refractivity contribution in [3.8, 4) is 0 Å². The number of rotatable bonds is 3. The van der Waals surface area contributed by atoms with E-state index in [1.807, 2.05) is 6.92 Å². The minimum atomic E-state index is -1.45. The first-order chi connectivity index (χ1) is 4.58. The summed E-state index contributed by atoms with van der Waals surface area (Å²) in [5.74, 6) is 0. The predicted octanol–water partition coefficient (Wildman–Crippen LogP) is 1.55. The summed E-state index contributed by atoms with van der Waals surface area (Å²) in [7, 11) is -1.45. The largest absolute Gasteiger partial charge is 0.415 e. The molecule has 3 heteroatoms. The minimum Gasteiger partial charge on any atom is -0.415 e. The topological polar surface area (TPSA) is 21.8 Å². The predicted molar refractivity (Wildman–Crippen MR) is 43.4 cm³/mol. The molecule has 0 amide bonds. The van der Waals surface area contributed by atoms with Crippen molar-refractivity contribution in [1.29, 1.82) is 0 Å². The van der Waals surface area contributed by atoms with E-state index in [0.29, 0.717) is 11.8 Å². The molecule has 0 spiro atoms. The van der Waals surface area contributed by atoms with Crippen LogP contribution in [0.1, 0.15) is 13.8 Å². The zero-order valence-corrected chi connectivity index (χ0v) is 8.18. The Morgan fingerprint density at radius 3 is 2.30 bits per heavy atom. The maximum absolute atomic E-state index is 5.64. The fourth-order valence-corrected chi connectivity index (χ4v) is 3.95. The van der Waals surface area contributed by atoms with E-state index in [4.69, 9.17) is 9.16 Å². The third kappa shape index (κ3) is 1.59. The first-order valence-corrected chi connectivity index (χ1v) is 6.86. The Labute approximate surface area is 63.7 Å². The van der Waals surface area contributed by atoms with E-state index in [9.17, 15) is 0 Å². The molecule has 0 aromatic carbocycles. The molecule has 0 aliphatic carbocycles. The molecule has 0 aromatic rings. The van der Waals surface area contributed by atoms with Crippen LogP contribution in [0.2, 0.25) is 13.1 Å². The first-order valence-electron chi connectivity index (χ1n) is 3.87.